The summed E-state index contributed by atoms with van der Waals surface area (Å²) in [4.78, 5) is 27.3. The SMILES string of the molecule is CSc1ccc(C(CC(=O)O)NC(=O)c2c[nH]cc2C)cc1. The van der Waals surface area contributed by atoms with Gasteiger partial charge in [0.05, 0.1) is 18.0 Å². The number of carboxylic acid groups (broad SMARTS) is 1. The molecule has 1 unspecified atom stereocenters. The van der Waals surface area contributed by atoms with E-state index in [-0.39, 0.29) is 12.3 Å². The van der Waals surface area contributed by atoms with Crippen LogP contribution in [0.25, 0.3) is 0 Å². The van der Waals surface area contributed by atoms with Crippen LogP contribution in [-0.4, -0.2) is 28.2 Å². The van der Waals surface area contributed by atoms with Crippen LogP contribution in [0.2, 0.25) is 0 Å². The van der Waals surface area contributed by atoms with Gasteiger partial charge in [-0.1, -0.05) is 12.1 Å². The number of rotatable bonds is 6. The second-order valence-corrected chi connectivity index (χ2v) is 5.83. The Hall–Kier alpha value is -2.21. The van der Waals surface area contributed by atoms with E-state index in [0.29, 0.717) is 5.56 Å². The van der Waals surface area contributed by atoms with E-state index in [1.165, 1.54) is 0 Å². The van der Waals surface area contributed by atoms with Gasteiger partial charge >= 0.3 is 5.97 Å². The Kier molecular flexibility index (Phi) is 5.27. The summed E-state index contributed by atoms with van der Waals surface area (Å²) in [6.45, 7) is 1.82. The zero-order valence-corrected chi connectivity index (χ0v) is 13.2. The molecule has 0 saturated carbocycles. The minimum Gasteiger partial charge on any atom is -0.481 e. The van der Waals surface area contributed by atoms with Crippen LogP contribution in [0.3, 0.4) is 0 Å². The van der Waals surface area contributed by atoms with Crippen LogP contribution in [0.4, 0.5) is 0 Å². The third-order valence-corrected chi connectivity index (χ3v) is 4.14. The minimum absolute atomic E-state index is 0.159. The van der Waals surface area contributed by atoms with Crippen molar-refractivity contribution < 1.29 is 14.7 Å². The summed E-state index contributed by atoms with van der Waals surface area (Å²) in [6, 6.07) is 6.98. The molecule has 116 valence electrons. The molecule has 1 amide bonds. The predicted molar refractivity (Wildman–Crippen MR) is 86.2 cm³/mol. The van der Waals surface area contributed by atoms with Crippen molar-refractivity contribution in [2.75, 3.05) is 6.26 Å². The number of H-pyrrole nitrogens is 1. The number of benzene rings is 1. The van der Waals surface area contributed by atoms with Crippen molar-refractivity contribution >= 4 is 23.6 Å². The van der Waals surface area contributed by atoms with Gasteiger partial charge in [-0.2, -0.15) is 0 Å². The molecule has 0 aliphatic rings. The van der Waals surface area contributed by atoms with Crippen molar-refractivity contribution in [2.24, 2.45) is 0 Å². The van der Waals surface area contributed by atoms with Crippen molar-refractivity contribution in [3.8, 4) is 0 Å². The summed E-state index contributed by atoms with van der Waals surface area (Å²) < 4.78 is 0. The Morgan fingerprint density at radius 3 is 2.45 bits per heavy atom. The number of aromatic amines is 1. The summed E-state index contributed by atoms with van der Waals surface area (Å²) in [5.41, 5.74) is 2.13. The fraction of sp³-hybridized carbons (Fsp3) is 0.250. The van der Waals surface area contributed by atoms with Crippen LogP contribution >= 0.6 is 11.8 Å². The fourth-order valence-corrected chi connectivity index (χ4v) is 2.59. The number of carbonyl (C=O) groups excluding carboxylic acids is 1. The number of carbonyl (C=O) groups is 2. The van der Waals surface area contributed by atoms with Gasteiger partial charge in [0.2, 0.25) is 0 Å². The second kappa shape index (κ2) is 7.17. The average molecular weight is 318 g/mol. The van der Waals surface area contributed by atoms with Gasteiger partial charge in [-0.3, -0.25) is 9.59 Å². The molecule has 2 aromatic rings. The third kappa shape index (κ3) is 3.92. The quantitative estimate of drug-likeness (QED) is 0.715. The minimum atomic E-state index is -0.954. The van der Waals surface area contributed by atoms with E-state index >= 15 is 0 Å². The molecule has 5 nitrogen and oxygen atoms in total. The molecule has 0 aliphatic heterocycles. The Balaban J connectivity index is 2.20. The number of carboxylic acids is 1. The molecule has 0 spiro atoms. The van der Waals surface area contributed by atoms with E-state index in [1.54, 1.807) is 24.2 Å². The third-order valence-electron chi connectivity index (χ3n) is 3.40. The lowest BCUT2D eigenvalue weighted by Gasteiger charge is -2.17. The number of hydrogen-bond donors (Lipinski definition) is 3. The van der Waals surface area contributed by atoms with E-state index in [9.17, 15) is 9.59 Å². The Bertz CT molecular complexity index is 664. The monoisotopic (exact) mass is 318 g/mol. The maximum Gasteiger partial charge on any atom is 0.305 e. The molecule has 1 atom stereocenters. The predicted octanol–water partition coefficient (Wildman–Crippen LogP) is 2.99. The molecular formula is C16H18N2O3S. The van der Waals surface area contributed by atoms with Crippen molar-refractivity contribution in [2.45, 2.75) is 24.3 Å². The van der Waals surface area contributed by atoms with Crippen molar-refractivity contribution in [3.05, 3.63) is 53.3 Å². The summed E-state index contributed by atoms with van der Waals surface area (Å²) in [6.07, 6.45) is 5.15. The summed E-state index contributed by atoms with van der Waals surface area (Å²) in [5.74, 6) is -1.23. The van der Waals surface area contributed by atoms with Gasteiger partial charge < -0.3 is 15.4 Å². The molecule has 22 heavy (non-hydrogen) atoms. The van der Waals surface area contributed by atoms with Gasteiger partial charge in [0, 0.05) is 17.3 Å². The molecule has 0 aliphatic carbocycles. The lowest BCUT2D eigenvalue weighted by atomic mass is 10.0. The molecule has 0 radical (unpaired) electrons. The number of amides is 1. The first-order valence-corrected chi connectivity index (χ1v) is 8.03. The number of thioether (sulfide) groups is 1. The molecular weight excluding hydrogens is 300 g/mol. The molecule has 1 aromatic carbocycles. The topological polar surface area (TPSA) is 82.2 Å². The second-order valence-electron chi connectivity index (χ2n) is 4.95. The van der Waals surface area contributed by atoms with Crippen LogP contribution < -0.4 is 5.32 Å². The smallest absolute Gasteiger partial charge is 0.305 e. The Morgan fingerprint density at radius 1 is 1.27 bits per heavy atom. The van der Waals surface area contributed by atoms with Gasteiger partial charge in [0.25, 0.3) is 5.91 Å². The van der Waals surface area contributed by atoms with Crippen LogP contribution in [0.15, 0.2) is 41.6 Å². The average Bonchev–Trinajstić information content (AvgIpc) is 2.92. The van der Waals surface area contributed by atoms with E-state index in [2.05, 4.69) is 10.3 Å². The maximum absolute atomic E-state index is 12.3. The molecule has 1 aromatic heterocycles. The zero-order chi connectivity index (χ0) is 16.1. The zero-order valence-electron chi connectivity index (χ0n) is 12.4. The van der Waals surface area contributed by atoms with Gasteiger partial charge in [0.1, 0.15) is 0 Å². The number of aryl methyl sites for hydroxylation is 1. The summed E-state index contributed by atoms with van der Waals surface area (Å²) in [7, 11) is 0. The first-order chi connectivity index (χ1) is 10.5. The molecule has 0 fully saturated rings. The molecule has 3 N–H and O–H groups in total. The fourth-order valence-electron chi connectivity index (χ4n) is 2.19. The van der Waals surface area contributed by atoms with Crippen molar-refractivity contribution in [1.29, 1.82) is 0 Å². The summed E-state index contributed by atoms with van der Waals surface area (Å²) in [5, 5.41) is 11.9. The first kappa shape index (κ1) is 16.2. The van der Waals surface area contributed by atoms with E-state index < -0.39 is 12.0 Å². The highest BCUT2D eigenvalue weighted by molar-refractivity contribution is 7.98. The van der Waals surface area contributed by atoms with Crippen LogP contribution in [0, 0.1) is 6.92 Å². The van der Waals surface area contributed by atoms with Gasteiger partial charge in [-0.05, 0) is 36.4 Å². The highest BCUT2D eigenvalue weighted by Gasteiger charge is 2.20. The molecule has 6 heteroatoms. The highest BCUT2D eigenvalue weighted by Crippen LogP contribution is 2.22. The van der Waals surface area contributed by atoms with Crippen molar-refractivity contribution in [3.63, 3.8) is 0 Å². The number of aromatic nitrogens is 1. The molecule has 0 saturated heterocycles. The standard InChI is InChI=1S/C16H18N2O3S/c1-10-8-17-9-13(10)16(21)18-14(7-15(19)20)11-3-5-12(22-2)6-4-11/h3-6,8-9,14,17H,7H2,1-2H3,(H,18,21)(H,19,20). The lowest BCUT2D eigenvalue weighted by molar-refractivity contribution is -0.137. The van der Waals surface area contributed by atoms with E-state index in [4.69, 9.17) is 5.11 Å². The summed E-state index contributed by atoms with van der Waals surface area (Å²) >= 11 is 1.61. The van der Waals surface area contributed by atoms with Crippen LogP contribution in [-0.2, 0) is 4.79 Å². The number of nitrogens with one attached hydrogen (secondary N) is 2. The highest BCUT2D eigenvalue weighted by atomic mass is 32.2. The molecule has 0 bridgehead atoms. The van der Waals surface area contributed by atoms with Gasteiger partial charge in [-0.25, -0.2) is 0 Å². The van der Waals surface area contributed by atoms with E-state index in [1.807, 2.05) is 37.4 Å². The van der Waals surface area contributed by atoms with Crippen molar-refractivity contribution in [1.82, 2.24) is 10.3 Å². The normalized spacial score (nSPS) is 11.9. The molecule has 2 rings (SSSR count). The maximum atomic E-state index is 12.3. The van der Waals surface area contributed by atoms with Crippen LogP contribution in [0.1, 0.15) is 33.9 Å². The van der Waals surface area contributed by atoms with Gasteiger partial charge in [-0.15, -0.1) is 11.8 Å². The van der Waals surface area contributed by atoms with E-state index in [0.717, 1.165) is 16.0 Å². The van der Waals surface area contributed by atoms with Crippen LogP contribution in [0.5, 0.6) is 0 Å². The number of hydrogen-bond acceptors (Lipinski definition) is 3. The Morgan fingerprint density at radius 2 is 1.95 bits per heavy atom. The first-order valence-electron chi connectivity index (χ1n) is 6.81. The molecule has 1 heterocycles. The van der Waals surface area contributed by atoms with Gasteiger partial charge in [0.15, 0.2) is 0 Å². The largest absolute Gasteiger partial charge is 0.481 e. The Labute approximate surface area is 133 Å². The number of aliphatic carboxylic acids is 1. The lowest BCUT2D eigenvalue weighted by Crippen LogP contribution is -2.30.